The first-order chi connectivity index (χ1) is 9.31. The minimum atomic E-state index is -0.338. The number of rotatable bonds is 6. The van der Waals surface area contributed by atoms with Gasteiger partial charge in [-0.1, -0.05) is 25.1 Å². The Morgan fingerprint density at radius 2 is 2.00 bits per heavy atom. The average Bonchev–Trinajstić information content (AvgIpc) is 2.46. The highest BCUT2D eigenvalue weighted by Crippen LogP contribution is 2.17. The van der Waals surface area contributed by atoms with Crippen molar-refractivity contribution in [2.75, 3.05) is 17.6 Å². The molecule has 3 nitrogen and oxygen atoms in total. The summed E-state index contributed by atoms with van der Waals surface area (Å²) in [7, 11) is 0. The van der Waals surface area contributed by atoms with E-state index in [1.165, 1.54) is 11.2 Å². The predicted molar refractivity (Wildman–Crippen MR) is 77.0 cm³/mol. The molecule has 0 atom stereocenters. The van der Waals surface area contributed by atoms with E-state index in [-0.39, 0.29) is 5.82 Å². The SMILES string of the molecule is CCc1ncnc(NCCSc2ccccc2)c1F. The highest BCUT2D eigenvalue weighted by atomic mass is 32.2. The van der Waals surface area contributed by atoms with Crippen molar-refractivity contribution in [1.29, 1.82) is 0 Å². The summed E-state index contributed by atoms with van der Waals surface area (Å²) >= 11 is 1.73. The monoisotopic (exact) mass is 277 g/mol. The number of nitrogens with one attached hydrogen (secondary N) is 1. The zero-order valence-electron chi connectivity index (χ0n) is 10.8. The summed E-state index contributed by atoms with van der Waals surface area (Å²) in [4.78, 5) is 9.04. The molecule has 2 aromatic rings. The molecule has 0 aliphatic heterocycles. The smallest absolute Gasteiger partial charge is 0.186 e. The first kappa shape index (κ1) is 13.8. The van der Waals surface area contributed by atoms with Gasteiger partial charge in [-0.05, 0) is 18.6 Å². The lowest BCUT2D eigenvalue weighted by molar-refractivity contribution is 0.597. The molecular formula is C14H16FN3S. The molecule has 19 heavy (non-hydrogen) atoms. The second kappa shape index (κ2) is 7.09. The third-order valence-corrected chi connectivity index (χ3v) is 3.62. The van der Waals surface area contributed by atoms with Gasteiger partial charge in [0.15, 0.2) is 11.6 Å². The number of hydrogen-bond donors (Lipinski definition) is 1. The van der Waals surface area contributed by atoms with Crippen LogP contribution in [-0.4, -0.2) is 22.3 Å². The molecule has 0 amide bonds. The second-order valence-electron chi connectivity index (χ2n) is 3.92. The summed E-state index contributed by atoms with van der Waals surface area (Å²) < 4.78 is 13.8. The summed E-state index contributed by atoms with van der Waals surface area (Å²) in [5.41, 5.74) is 0.452. The van der Waals surface area contributed by atoms with E-state index in [1.54, 1.807) is 11.8 Å². The maximum Gasteiger partial charge on any atom is 0.186 e. The quantitative estimate of drug-likeness (QED) is 0.649. The van der Waals surface area contributed by atoms with Gasteiger partial charge in [0, 0.05) is 17.2 Å². The van der Waals surface area contributed by atoms with Crippen molar-refractivity contribution >= 4 is 17.6 Å². The molecule has 0 bridgehead atoms. The third-order valence-electron chi connectivity index (χ3n) is 2.60. The minimum Gasteiger partial charge on any atom is -0.367 e. The van der Waals surface area contributed by atoms with Gasteiger partial charge in [0.25, 0.3) is 0 Å². The fraction of sp³-hybridized carbons (Fsp3) is 0.286. The lowest BCUT2D eigenvalue weighted by atomic mass is 10.3. The number of nitrogens with zero attached hydrogens (tertiary/aromatic N) is 2. The molecule has 1 heterocycles. The van der Waals surface area contributed by atoms with Crippen molar-refractivity contribution in [2.24, 2.45) is 0 Å². The third kappa shape index (κ3) is 3.92. The van der Waals surface area contributed by atoms with E-state index in [0.29, 0.717) is 24.5 Å². The number of aryl methyl sites for hydroxylation is 1. The Morgan fingerprint density at radius 1 is 1.21 bits per heavy atom. The average molecular weight is 277 g/mol. The molecule has 0 spiro atoms. The van der Waals surface area contributed by atoms with Crippen LogP contribution in [0.4, 0.5) is 10.2 Å². The topological polar surface area (TPSA) is 37.8 Å². The van der Waals surface area contributed by atoms with Crippen molar-refractivity contribution in [1.82, 2.24) is 9.97 Å². The lowest BCUT2D eigenvalue weighted by Crippen LogP contribution is -2.09. The summed E-state index contributed by atoms with van der Waals surface area (Å²) in [6.07, 6.45) is 1.97. The van der Waals surface area contributed by atoms with Crippen LogP contribution in [0.15, 0.2) is 41.6 Å². The van der Waals surface area contributed by atoms with E-state index < -0.39 is 0 Å². The molecule has 0 aliphatic rings. The van der Waals surface area contributed by atoms with Gasteiger partial charge in [0.05, 0.1) is 5.69 Å². The molecule has 0 fully saturated rings. The van der Waals surface area contributed by atoms with Gasteiger partial charge in [0.1, 0.15) is 6.33 Å². The second-order valence-corrected chi connectivity index (χ2v) is 5.09. The molecule has 1 aromatic carbocycles. The first-order valence-corrected chi connectivity index (χ1v) is 7.21. The van der Waals surface area contributed by atoms with Gasteiger partial charge in [-0.25, -0.2) is 14.4 Å². The van der Waals surface area contributed by atoms with Gasteiger partial charge in [-0.15, -0.1) is 11.8 Å². The summed E-state index contributed by atoms with van der Waals surface area (Å²) in [6, 6.07) is 10.1. The van der Waals surface area contributed by atoms with Gasteiger partial charge in [-0.3, -0.25) is 0 Å². The molecular weight excluding hydrogens is 261 g/mol. The Labute approximate surface area is 116 Å². The van der Waals surface area contributed by atoms with E-state index in [9.17, 15) is 4.39 Å². The molecule has 100 valence electrons. The van der Waals surface area contributed by atoms with Crippen LogP contribution < -0.4 is 5.32 Å². The number of hydrogen-bond acceptors (Lipinski definition) is 4. The Hall–Kier alpha value is -1.62. The molecule has 0 unspecified atom stereocenters. The molecule has 1 N–H and O–H groups in total. The number of halogens is 1. The molecule has 0 saturated carbocycles. The zero-order chi connectivity index (χ0) is 13.5. The zero-order valence-corrected chi connectivity index (χ0v) is 11.6. The maximum atomic E-state index is 13.8. The molecule has 5 heteroatoms. The van der Waals surface area contributed by atoms with Crippen LogP contribution in [0.25, 0.3) is 0 Å². The number of benzene rings is 1. The van der Waals surface area contributed by atoms with Crippen LogP contribution in [-0.2, 0) is 6.42 Å². The van der Waals surface area contributed by atoms with Gasteiger partial charge in [0.2, 0.25) is 0 Å². The van der Waals surface area contributed by atoms with Crippen LogP contribution in [0.5, 0.6) is 0 Å². The van der Waals surface area contributed by atoms with Crippen molar-refractivity contribution < 1.29 is 4.39 Å². The standard InChI is InChI=1S/C14H16FN3S/c1-2-12-13(15)14(18-10-17-12)16-8-9-19-11-6-4-3-5-7-11/h3-7,10H,2,8-9H2,1H3,(H,16,17,18). The highest BCUT2D eigenvalue weighted by Gasteiger charge is 2.08. The van der Waals surface area contributed by atoms with E-state index in [0.717, 1.165) is 5.75 Å². The molecule has 2 rings (SSSR count). The van der Waals surface area contributed by atoms with Crippen molar-refractivity contribution in [3.8, 4) is 0 Å². The fourth-order valence-corrected chi connectivity index (χ4v) is 2.42. The summed E-state index contributed by atoms with van der Waals surface area (Å²) in [5, 5.41) is 3.01. The summed E-state index contributed by atoms with van der Waals surface area (Å²) in [5.74, 6) is 0.810. The Balaban J connectivity index is 1.83. The normalized spacial score (nSPS) is 10.4. The van der Waals surface area contributed by atoms with Crippen molar-refractivity contribution in [2.45, 2.75) is 18.2 Å². The summed E-state index contributed by atoms with van der Waals surface area (Å²) in [6.45, 7) is 2.54. The van der Waals surface area contributed by atoms with Crippen LogP contribution in [0.2, 0.25) is 0 Å². The van der Waals surface area contributed by atoms with Gasteiger partial charge < -0.3 is 5.32 Å². The van der Waals surface area contributed by atoms with Crippen LogP contribution >= 0.6 is 11.8 Å². The largest absolute Gasteiger partial charge is 0.367 e. The molecule has 0 radical (unpaired) electrons. The Morgan fingerprint density at radius 3 is 2.74 bits per heavy atom. The van der Waals surface area contributed by atoms with Gasteiger partial charge >= 0.3 is 0 Å². The Bertz CT molecular complexity index is 519. The van der Waals surface area contributed by atoms with Gasteiger partial charge in [-0.2, -0.15) is 0 Å². The maximum absolute atomic E-state index is 13.8. The first-order valence-electron chi connectivity index (χ1n) is 6.22. The fourth-order valence-electron chi connectivity index (χ4n) is 1.63. The Kier molecular flexibility index (Phi) is 5.15. The van der Waals surface area contributed by atoms with E-state index >= 15 is 0 Å². The molecule has 0 aliphatic carbocycles. The van der Waals surface area contributed by atoms with Crippen LogP contribution in [0.3, 0.4) is 0 Å². The molecule has 0 saturated heterocycles. The van der Waals surface area contributed by atoms with Crippen molar-refractivity contribution in [3.05, 3.63) is 48.2 Å². The number of thioether (sulfide) groups is 1. The lowest BCUT2D eigenvalue weighted by Gasteiger charge is -2.08. The highest BCUT2D eigenvalue weighted by molar-refractivity contribution is 7.99. The van der Waals surface area contributed by atoms with Crippen LogP contribution in [0, 0.1) is 5.82 Å². The van der Waals surface area contributed by atoms with E-state index in [2.05, 4.69) is 27.4 Å². The predicted octanol–water partition coefficient (Wildman–Crippen LogP) is 3.38. The molecule has 1 aromatic heterocycles. The van der Waals surface area contributed by atoms with Crippen molar-refractivity contribution in [3.63, 3.8) is 0 Å². The van der Waals surface area contributed by atoms with E-state index in [1.807, 2.05) is 25.1 Å². The number of aromatic nitrogens is 2. The van der Waals surface area contributed by atoms with E-state index in [4.69, 9.17) is 0 Å². The minimum absolute atomic E-state index is 0.292. The van der Waals surface area contributed by atoms with Crippen LogP contribution in [0.1, 0.15) is 12.6 Å². The number of anilines is 1.